The summed E-state index contributed by atoms with van der Waals surface area (Å²) in [6, 6.07) is 10.4. The first-order chi connectivity index (χ1) is 13.2. The minimum Gasteiger partial charge on any atom is -0.364 e. The Morgan fingerprint density at radius 3 is 3.04 bits per heavy atom. The van der Waals surface area contributed by atoms with Crippen molar-refractivity contribution < 1.29 is 4.79 Å². The van der Waals surface area contributed by atoms with Crippen LogP contribution in [0.4, 0.5) is 0 Å². The van der Waals surface area contributed by atoms with Gasteiger partial charge in [-0.25, -0.2) is 9.97 Å². The Morgan fingerprint density at radius 1 is 1.22 bits per heavy atom. The summed E-state index contributed by atoms with van der Waals surface area (Å²) >= 11 is 0. The van der Waals surface area contributed by atoms with Crippen molar-refractivity contribution in [1.82, 2.24) is 19.9 Å². The second-order valence-electron chi connectivity index (χ2n) is 7.39. The van der Waals surface area contributed by atoms with Crippen LogP contribution in [-0.4, -0.2) is 38.8 Å². The van der Waals surface area contributed by atoms with Crippen LogP contribution in [0.5, 0.6) is 0 Å². The Kier molecular flexibility index (Phi) is 5.16. The maximum atomic E-state index is 11.3. The summed E-state index contributed by atoms with van der Waals surface area (Å²) in [5, 5.41) is 1.32. The fourth-order valence-corrected chi connectivity index (χ4v) is 4.06. The predicted octanol–water partition coefficient (Wildman–Crippen LogP) is 2.90. The molecule has 6 nitrogen and oxygen atoms in total. The van der Waals surface area contributed by atoms with Crippen LogP contribution in [0.25, 0.3) is 10.9 Å². The van der Waals surface area contributed by atoms with Gasteiger partial charge in [0, 0.05) is 29.3 Å². The average Bonchev–Trinajstić information content (AvgIpc) is 3.05. The molecular weight excluding hydrogens is 338 g/mol. The van der Waals surface area contributed by atoms with E-state index in [0.717, 1.165) is 38.2 Å². The molecular formula is C21H25N5O. The summed E-state index contributed by atoms with van der Waals surface area (Å²) in [5.74, 6) is 0.0818. The van der Waals surface area contributed by atoms with Crippen LogP contribution in [0.1, 0.15) is 41.0 Å². The number of benzene rings is 1. The number of aromatic amines is 1. The van der Waals surface area contributed by atoms with E-state index in [-0.39, 0.29) is 0 Å². The molecule has 0 spiro atoms. The second-order valence-corrected chi connectivity index (χ2v) is 7.39. The van der Waals surface area contributed by atoms with Gasteiger partial charge in [0.05, 0.1) is 0 Å². The second kappa shape index (κ2) is 7.88. The molecule has 1 fully saturated rings. The summed E-state index contributed by atoms with van der Waals surface area (Å²) in [5.41, 5.74) is 9.12. The van der Waals surface area contributed by atoms with E-state index in [2.05, 4.69) is 44.1 Å². The van der Waals surface area contributed by atoms with E-state index in [1.54, 1.807) is 6.07 Å². The number of fused-ring (bicyclic) bond motifs is 1. The molecule has 1 aliphatic rings. The molecule has 3 N–H and O–H groups in total. The van der Waals surface area contributed by atoms with Crippen molar-refractivity contribution in [1.29, 1.82) is 0 Å². The van der Waals surface area contributed by atoms with Gasteiger partial charge in [0.25, 0.3) is 5.91 Å². The molecule has 1 saturated heterocycles. The third-order valence-corrected chi connectivity index (χ3v) is 5.49. The third-order valence-electron chi connectivity index (χ3n) is 5.49. The van der Waals surface area contributed by atoms with Crippen LogP contribution in [0, 0.1) is 5.92 Å². The van der Waals surface area contributed by atoms with Crippen LogP contribution in [0.2, 0.25) is 0 Å². The smallest absolute Gasteiger partial charge is 0.267 e. The molecule has 0 radical (unpaired) electrons. The first kappa shape index (κ1) is 17.7. The first-order valence-corrected chi connectivity index (χ1v) is 9.57. The maximum absolute atomic E-state index is 11.3. The van der Waals surface area contributed by atoms with Crippen molar-refractivity contribution in [3.8, 4) is 0 Å². The summed E-state index contributed by atoms with van der Waals surface area (Å²) in [6.45, 7) is 3.19. The molecule has 4 rings (SSSR count). The van der Waals surface area contributed by atoms with E-state index in [0.29, 0.717) is 11.6 Å². The Balaban J connectivity index is 1.38. The number of nitrogens with zero attached hydrogens (tertiary/aromatic N) is 3. The highest BCUT2D eigenvalue weighted by Crippen LogP contribution is 2.24. The molecule has 140 valence electrons. The summed E-state index contributed by atoms with van der Waals surface area (Å²) in [4.78, 5) is 25.4. The number of aromatic nitrogens is 3. The van der Waals surface area contributed by atoms with Gasteiger partial charge in [-0.05, 0) is 68.5 Å². The molecule has 0 saturated carbocycles. The Bertz CT molecular complexity index is 935. The fraction of sp³-hybridized carbons (Fsp3) is 0.381. The van der Waals surface area contributed by atoms with Crippen molar-refractivity contribution in [3.63, 3.8) is 0 Å². The van der Waals surface area contributed by atoms with E-state index >= 15 is 0 Å². The Hall–Kier alpha value is -2.73. The molecule has 1 atom stereocenters. The van der Waals surface area contributed by atoms with Crippen LogP contribution in [-0.2, 0) is 13.0 Å². The monoisotopic (exact) mass is 363 g/mol. The molecule has 0 bridgehead atoms. The zero-order valence-corrected chi connectivity index (χ0v) is 15.4. The van der Waals surface area contributed by atoms with Gasteiger partial charge in [-0.2, -0.15) is 0 Å². The number of carbonyl (C=O) groups is 1. The van der Waals surface area contributed by atoms with Crippen molar-refractivity contribution >= 4 is 16.8 Å². The van der Waals surface area contributed by atoms with Crippen LogP contribution in [0.15, 0.2) is 42.9 Å². The van der Waals surface area contributed by atoms with Gasteiger partial charge in [-0.1, -0.05) is 12.1 Å². The van der Waals surface area contributed by atoms with Crippen LogP contribution in [0.3, 0.4) is 0 Å². The molecule has 1 aliphatic heterocycles. The van der Waals surface area contributed by atoms with E-state index in [9.17, 15) is 4.79 Å². The molecule has 0 aliphatic carbocycles. The zero-order chi connectivity index (χ0) is 18.6. The number of carbonyl (C=O) groups excluding carboxylic acids is 1. The topological polar surface area (TPSA) is 87.9 Å². The van der Waals surface area contributed by atoms with Crippen molar-refractivity contribution in [2.75, 3.05) is 13.1 Å². The van der Waals surface area contributed by atoms with Gasteiger partial charge in [0.1, 0.15) is 12.0 Å². The van der Waals surface area contributed by atoms with Gasteiger partial charge < -0.3 is 10.7 Å². The summed E-state index contributed by atoms with van der Waals surface area (Å²) < 4.78 is 0. The molecule has 3 aromatic rings. The Labute approximate surface area is 158 Å². The maximum Gasteiger partial charge on any atom is 0.267 e. The highest BCUT2D eigenvalue weighted by Gasteiger charge is 2.19. The number of likely N-dealkylation sites (tertiary alicyclic amines) is 1. The zero-order valence-electron chi connectivity index (χ0n) is 15.4. The first-order valence-electron chi connectivity index (χ1n) is 9.57. The highest BCUT2D eigenvalue weighted by atomic mass is 16.1. The lowest BCUT2D eigenvalue weighted by Crippen LogP contribution is -2.24. The molecule has 27 heavy (non-hydrogen) atoms. The number of H-pyrrole nitrogens is 1. The average molecular weight is 363 g/mol. The number of rotatable bonds is 5. The fourth-order valence-electron chi connectivity index (χ4n) is 4.06. The van der Waals surface area contributed by atoms with Gasteiger partial charge in [0.2, 0.25) is 0 Å². The molecule has 3 heterocycles. The lowest BCUT2D eigenvalue weighted by Gasteiger charge is -2.20. The molecule has 1 amide bonds. The standard InChI is InChI=1S/C21H25N5O/c22-21(27)20-12-17(24-14-25-20)11-15-3-2-9-26(10-7-15)13-16-4-1-5-19-18(16)6-8-23-19/h1,4-6,8,12,14-15,23H,2-3,7,9-11,13H2,(H2,22,27). The van der Waals surface area contributed by atoms with Gasteiger partial charge in [-0.3, -0.25) is 9.69 Å². The lowest BCUT2D eigenvalue weighted by atomic mass is 9.95. The van der Waals surface area contributed by atoms with Gasteiger partial charge in [-0.15, -0.1) is 0 Å². The SMILES string of the molecule is NC(=O)c1cc(CC2CCCN(Cc3cccc4[nH]ccc34)CC2)ncn1. The van der Waals surface area contributed by atoms with E-state index in [4.69, 9.17) is 5.73 Å². The van der Waals surface area contributed by atoms with Gasteiger partial charge >= 0.3 is 0 Å². The molecule has 6 heteroatoms. The van der Waals surface area contributed by atoms with Crippen LogP contribution < -0.4 is 5.73 Å². The van der Waals surface area contributed by atoms with E-state index in [1.165, 1.54) is 35.6 Å². The number of primary amides is 1. The van der Waals surface area contributed by atoms with E-state index < -0.39 is 5.91 Å². The lowest BCUT2D eigenvalue weighted by molar-refractivity contribution is 0.0995. The third kappa shape index (κ3) is 4.17. The molecule has 2 aromatic heterocycles. The number of hydrogen-bond donors (Lipinski definition) is 2. The largest absolute Gasteiger partial charge is 0.364 e. The highest BCUT2D eigenvalue weighted by molar-refractivity contribution is 5.90. The van der Waals surface area contributed by atoms with E-state index in [1.807, 2.05) is 6.20 Å². The minimum absolute atomic E-state index is 0.301. The molecule has 1 unspecified atom stereocenters. The number of amides is 1. The minimum atomic E-state index is -0.496. The van der Waals surface area contributed by atoms with Crippen molar-refractivity contribution in [2.45, 2.75) is 32.2 Å². The normalized spacial score (nSPS) is 18.4. The van der Waals surface area contributed by atoms with Gasteiger partial charge in [0.15, 0.2) is 0 Å². The quantitative estimate of drug-likeness (QED) is 0.729. The van der Waals surface area contributed by atoms with Crippen molar-refractivity contribution in [3.05, 3.63) is 59.8 Å². The molecule has 1 aromatic carbocycles. The number of nitrogens with two attached hydrogens (primary N) is 1. The number of nitrogens with one attached hydrogen (secondary N) is 1. The van der Waals surface area contributed by atoms with Crippen molar-refractivity contribution in [2.24, 2.45) is 11.7 Å². The number of hydrogen-bond acceptors (Lipinski definition) is 4. The summed E-state index contributed by atoms with van der Waals surface area (Å²) in [6.07, 6.45) is 7.83. The summed E-state index contributed by atoms with van der Waals surface area (Å²) in [7, 11) is 0. The van der Waals surface area contributed by atoms with Crippen LogP contribution >= 0.6 is 0 Å². The Morgan fingerprint density at radius 2 is 2.15 bits per heavy atom. The predicted molar refractivity (Wildman–Crippen MR) is 105 cm³/mol.